The van der Waals surface area contributed by atoms with Gasteiger partial charge in [-0.05, 0) is 29.8 Å². The molecule has 0 atom stereocenters. The summed E-state index contributed by atoms with van der Waals surface area (Å²) in [5.74, 6) is 0.316. The van der Waals surface area contributed by atoms with E-state index in [4.69, 9.17) is 9.47 Å². The molecule has 0 aliphatic heterocycles. The molecular weight excluding hydrogens is 268 g/mol. The summed E-state index contributed by atoms with van der Waals surface area (Å²) in [6, 6.07) is 14.2. The van der Waals surface area contributed by atoms with Gasteiger partial charge in [-0.25, -0.2) is 4.79 Å². The first kappa shape index (κ1) is 14.7. The van der Waals surface area contributed by atoms with E-state index in [0.29, 0.717) is 22.6 Å². The van der Waals surface area contributed by atoms with Gasteiger partial charge in [0.15, 0.2) is 0 Å². The Bertz CT molecular complexity index is 657. The van der Waals surface area contributed by atoms with Crippen LogP contribution in [0, 0.1) is 0 Å². The minimum absolute atomic E-state index is 0.196. The minimum atomic E-state index is -0.994. The Labute approximate surface area is 123 Å². The molecule has 4 nitrogen and oxygen atoms in total. The lowest BCUT2D eigenvalue weighted by molar-refractivity contribution is -0.130. The molecule has 2 aromatic rings. The normalized spacial score (nSPS) is 11.0. The topological polar surface area (TPSA) is 55.8 Å². The standard InChI is InChI=1S/C17H16O4/c1-20-14-9-7-12(8-10-14)15(17(18)19)11-13-5-3-4-6-16(13)21-2/h3-11H,1-2H3,(H,18,19)/b15-11+. The monoisotopic (exact) mass is 284 g/mol. The summed E-state index contributed by atoms with van der Waals surface area (Å²) in [7, 11) is 3.12. The van der Waals surface area contributed by atoms with Crippen LogP contribution >= 0.6 is 0 Å². The van der Waals surface area contributed by atoms with Crippen LogP contribution in [-0.2, 0) is 4.79 Å². The van der Waals surface area contributed by atoms with E-state index in [0.717, 1.165) is 0 Å². The summed E-state index contributed by atoms with van der Waals surface area (Å²) in [6.45, 7) is 0. The Balaban J connectivity index is 2.47. The second kappa shape index (κ2) is 6.61. The number of benzene rings is 2. The molecule has 0 unspecified atom stereocenters. The summed E-state index contributed by atoms with van der Waals surface area (Å²) >= 11 is 0. The van der Waals surface area contributed by atoms with Crippen molar-refractivity contribution < 1.29 is 19.4 Å². The van der Waals surface area contributed by atoms with Gasteiger partial charge in [-0.2, -0.15) is 0 Å². The SMILES string of the molecule is COc1ccc(/C(=C\c2ccccc2OC)C(=O)O)cc1. The number of ether oxygens (including phenoxy) is 2. The molecule has 2 aromatic carbocycles. The third-order valence-electron chi connectivity index (χ3n) is 3.07. The molecule has 2 rings (SSSR count). The number of rotatable bonds is 5. The molecule has 0 aromatic heterocycles. The van der Waals surface area contributed by atoms with Crippen molar-refractivity contribution in [3.63, 3.8) is 0 Å². The number of carboxylic acids is 1. The number of hydrogen-bond acceptors (Lipinski definition) is 3. The highest BCUT2D eigenvalue weighted by Crippen LogP contribution is 2.25. The summed E-state index contributed by atoms with van der Waals surface area (Å²) in [4.78, 5) is 11.5. The molecule has 0 aliphatic rings. The van der Waals surface area contributed by atoms with Crippen LogP contribution < -0.4 is 9.47 Å². The highest BCUT2D eigenvalue weighted by atomic mass is 16.5. The minimum Gasteiger partial charge on any atom is -0.497 e. The summed E-state index contributed by atoms with van der Waals surface area (Å²) in [6.07, 6.45) is 1.60. The van der Waals surface area contributed by atoms with Crippen LogP contribution in [0.4, 0.5) is 0 Å². The van der Waals surface area contributed by atoms with Gasteiger partial charge in [0.1, 0.15) is 11.5 Å². The fraction of sp³-hybridized carbons (Fsp3) is 0.118. The quantitative estimate of drug-likeness (QED) is 0.676. The highest BCUT2D eigenvalue weighted by molar-refractivity contribution is 6.20. The second-order valence-electron chi connectivity index (χ2n) is 4.33. The lowest BCUT2D eigenvalue weighted by atomic mass is 10.0. The van der Waals surface area contributed by atoms with Crippen molar-refractivity contribution in [3.05, 3.63) is 59.7 Å². The Morgan fingerprint density at radius 3 is 2.24 bits per heavy atom. The lowest BCUT2D eigenvalue weighted by Crippen LogP contribution is -2.00. The highest BCUT2D eigenvalue weighted by Gasteiger charge is 2.12. The number of hydrogen-bond donors (Lipinski definition) is 1. The zero-order valence-corrected chi connectivity index (χ0v) is 11.9. The zero-order chi connectivity index (χ0) is 15.2. The molecule has 0 aliphatic carbocycles. The summed E-state index contributed by atoms with van der Waals surface area (Å²) in [5, 5.41) is 9.44. The van der Waals surface area contributed by atoms with Gasteiger partial charge in [0.05, 0.1) is 19.8 Å². The molecule has 0 bridgehead atoms. The van der Waals surface area contributed by atoms with Crippen molar-refractivity contribution in [2.75, 3.05) is 14.2 Å². The third-order valence-corrected chi connectivity index (χ3v) is 3.07. The van der Waals surface area contributed by atoms with Gasteiger partial charge in [0.2, 0.25) is 0 Å². The number of aliphatic carboxylic acids is 1. The number of carbonyl (C=O) groups is 1. The van der Waals surface area contributed by atoms with E-state index in [9.17, 15) is 9.90 Å². The maximum atomic E-state index is 11.5. The maximum absolute atomic E-state index is 11.5. The fourth-order valence-electron chi connectivity index (χ4n) is 1.98. The van der Waals surface area contributed by atoms with E-state index in [-0.39, 0.29) is 5.57 Å². The molecule has 0 saturated carbocycles. The van der Waals surface area contributed by atoms with Crippen molar-refractivity contribution >= 4 is 17.6 Å². The summed E-state index contributed by atoms with van der Waals surface area (Å²) in [5.41, 5.74) is 1.52. The first-order chi connectivity index (χ1) is 10.2. The Morgan fingerprint density at radius 2 is 1.67 bits per heavy atom. The Hall–Kier alpha value is -2.75. The van der Waals surface area contributed by atoms with Gasteiger partial charge in [0, 0.05) is 5.56 Å². The van der Waals surface area contributed by atoms with Gasteiger partial charge in [-0.15, -0.1) is 0 Å². The zero-order valence-electron chi connectivity index (χ0n) is 11.9. The molecule has 0 fully saturated rings. The Kier molecular flexibility index (Phi) is 4.61. The van der Waals surface area contributed by atoms with Crippen LogP contribution in [0.15, 0.2) is 48.5 Å². The molecule has 21 heavy (non-hydrogen) atoms. The Morgan fingerprint density at radius 1 is 1.00 bits per heavy atom. The second-order valence-corrected chi connectivity index (χ2v) is 4.33. The molecule has 0 heterocycles. The van der Waals surface area contributed by atoms with Crippen LogP contribution in [-0.4, -0.2) is 25.3 Å². The third kappa shape index (κ3) is 3.42. The van der Waals surface area contributed by atoms with E-state index in [1.54, 1.807) is 50.6 Å². The van der Waals surface area contributed by atoms with Gasteiger partial charge in [-0.1, -0.05) is 30.3 Å². The molecule has 0 saturated heterocycles. The van der Waals surface area contributed by atoms with Crippen molar-refractivity contribution in [2.45, 2.75) is 0 Å². The number of carboxylic acid groups (broad SMARTS) is 1. The van der Waals surface area contributed by atoms with Crippen molar-refractivity contribution in [1.29, 1.82) is 0 Å². The van der Waals surface area contributed by atoms with Crippen LogP contribution in [0.25, 0.3) is 11.6 Å². The molecule has 108 valence electrons. The predicted octanol–water partition coefficient (Wildman–Crippen LogP) is 3.33. The van der Waals surface area contributed by atoms with Gasteiger partial charge < -0.3 is 14.6 Å². The van der Waals surface area contributed by atoms with E-state index in [1.807, 2.05) is 18.2 Å². The molecule has 0 spiro atoms. The van der Waals surface area contributed by atoms with Crippen molar-refractivity contribution in [2.24, 2.45) is 0 Å². The summed E-state index contributed by atoms with van der Waals surface area (Å²) < 4.78 is 10.3. The first-order valence-corrected chi connectivity index (χ1v) is 6.38. The van der Waals surface area contributed by atoms with Gasteiger partial charge in [-0.3, -0.25) is 0 Å². The largest absolute Gasteiger partial charge is 0.497 e. The first-order valence-electron chi connectivity index (χ1n) is 6.38. The number of para-hydroxylation sites is 1. The predicted molar refractivity (Wildman–Crippen MR) is 81.5 cm³/mol. The fourth-order valence-corrected chi connectivity index (χ4v) is 1.98. The lowest BCUT2D eigenvalue weighted by Gasteiger charge is -2.07. The number of methoxy groups -OCH3 is 2. The van der Waals surface area contributed by atoms with Gasteiger partial charge >= 0.3 is 5.97 Å². The molecule has 4 heteroatoms. The van der Waals surface area contributed by atoms with E-state index >= 15 is 0 Å². The maximum Gasteiger partial charge on any atom is 0.336 e. The average Bonchev–Trinajstić information content (AvgIpc) is 2.53. The van der Waals surface area contributed by atoms with E-state index < -0.39 is 5.97 Å². The van der Waals surface area contributed by atoms with E-state index in [2.05, 4.69) is 0 Å². The molecule has 0 radical (unpaired) electrons. The van der Waals surface area contributed by atoms with Crippen LogP contribution in [0.5, 0.6) is 11.5 Å². The molecule has 0 amide bonds. The smallest absolute Gasteiger partial charge is 0.336 e. The van der Waals surface area contributed by atoms with Crippen LogP contribution in [0.1, 0.15) is 11.1 Å². The van der Waals surface area contributed by atoms with Gasteiger partial charge in [0.25, 0.3) is 0 Å². The van der Waals surface area contributed by atoms with E-state index in [1.165, 1.54) is 0 Å². The molecular formula is C17H16O4. The van der Waals surface area contributed by atoms with Crippen LogP contribution in [0.3, 0.4) is 0 Å². The van der Waals surface area contributed by atoms with Crippen molar-refractivity contribution in [3.8, 4) is 11.5 Å². The average molecular weight is 284 g/mol. The van der Waals surface area contributed by atoms with Crippen molar-refractivity contribution in [1.82, 2.24) is 0 Å². The molecule has 1 N–H and O–H groups in total. The van der Waals surface area contributed by atoms with Crippen LogP contribution in [0.2, 0.25) is 0 Å².